The Kier molecular flexibility index (Phi) is 4.39. The van der Waals surface area contributed by atoms with Crippen molar-refractivity contribution in [1.82, 2.24) is 15.0 Å². The quantitative estimate of drug-likeness (QED) is 0.801. The highest BCUT2D eigenvalue weighted by molar-refractivity contribution is 5.83. The molecule has 0 aromatic carbocycles. The van der Waals surface area contributed by atoms with Crippen LogP contribution in [-0.4, -0.2) is 34.0 Å². The molecular weight excluding hydrogens is 359 g/mol. The summed E-state index contributed by atoms with van der Waals surface area (Å²) in [5.41, 5.74) is -0.231. The molecule has 0 radical (unpaired) electrons. The van der Waals surface area contributed by atoms with Gasteiger partial charge in [0.15, 0.2) is 0 Å². The van der Waals surface area contributed by atoms with E-state index in [9.17, 15) is 18.0 Å². The Morgan fingerprint density at radius 2 is 2.15 bits per heavy atom. The number of hydrogen-bond donors (Lipinski definition) is 0. The van der Waals surface area contributed by atoms with E-state index in [0.717, 1.165) is 18.9 Å². The third-order valence-electron chi connectivity index (χ3n) is 5.74. The number of rotatable bonds is 3. The molecular formula is C19H22F3N3O2. The Hall–Kier alpha value is -2.12. The van der Waals surface area contributed by atoms with E-state index >= 15 is 0 Å². The van der Waals surface area contributed by atoms with Crippen LogP contribution in [0, 0.1) is 11.8 Å². The van der Waals surface area contributed by atoms with E-state index in [2.05, 4.69) is 10.1 Å². The number of fused-ring (bicyclic) bond motifs is 1. The molecule has 0 N–H and O–H groups in total. The van der Waals surface area contributed by atoms with Crippen LogP contribution in [-0.2, 0) is 17.4 Å². The summed E-state index contributed by atoms with van der Waals surface area (Å²) in [5.74, 6) is 0.312. The second-order valence-electron chi connectivity index (χ2n) is 7.70. The van der Waals surface area contributed by atoms with Gasteiger partial charge in [0.25, 0.3) is 5.71 Å². The number of carbonyl (C=O) groups is 1. The summed E-state index contributed by atoms with van der Waals surface area (Å²) in [4.78, 5) is 18.5. The molecule has 2 aromatic heterocycles. The third-order valence-corrected chi connectivity index (χ3v) is 5.74. The molecule has 2 aromatic rings. The topological polar surface area (TPSA) is 59.2 Å². The molecule has 1 saturated carbocycles. The lowest BCUT2D eigenvalue weighted by molar-refractivity contribution is -0.136. The monoisotopic (exact) mass is 381 g/mol. The van der Waals surface area contributed by atoms with Crippen LogP contribution in [0.4, 0.5) is 13.2 Å². The molecule has 4 rings (SSSR count). The molecule has 3 unspecified atom stereocenters. The van der Waals surface area contributed by atoms with Crippen LogP contribution in [0.2, 0.25) is 0 Å². The second-order valence-corrected chi connectivity index (χ2v) is 7.70. The fraction of sp³-hybridized carbons (Fsp3) is 0.632. The highest BCUT2D eigenvalue weighted by atomic mass is 19.4. The SMILES string of the molecule is CCc1cc(C(F)(F)F)c2c(C3CCCN(C(=O)C4CC4C)C3)noc2n1. The minimum atomic E-state index is -4.51. The van der Waals surface area contributed by atoms with E-state index < -0.39 is 11.7 Å². The number of alkyl halides is 3. The molecule has 2 fully saturated rings. The lowest BCUT2D eigenvalue weighted by atomic mass is 9.91. The average molecular weight is 381 g/mol. The van der Waals surface area contributed by atoms with Gasteiger partial charge in [0.1, 0.15) is 0 Å². The molecule has 1 aliphatic heterocycles. The minimum absolute atomic E-state index is 0.0567. The number of pyridine rings is 1. The van der Waals surface area contributed by atoms with Crippen molar-refractivity contribution < 1.29 is 22.5 Å². The van der Waals surface area contributed by atoms with Gasteiger partial charge in [-0.3, -0.25) is 4.79 Å². The van der Waals surface area contributed by atoms with Crippen molar-refractivity contribution in [2.24, 2.45) is 11.8 Å². The van der Waals surface area contributed by atoms with Gasteiger partial charge in [0.2, 0.25) is 5.91 Å². The van der Waals surface area contributed by atoms with E-state index in [1.807, 2.05) is 6.92 Å². The first-order valence-electron chi connectivity index (χ1n) is 9.44. The zero-order chi connectivity index (χ0) is 19.3. The van der Waals surface area contributed by atoms with Gasteiger partial charge in [0.05, 0.1) is 16.6 Å². The van der Waals surface area contributed by atoms with Gasteiger partial charge in [-0.1, -0.05) is 19.0 Å². The van der Waals surface area contributed by atoms with Gasteiger partial charge >= 0.3 is 6.18 Å². The molecule has 1 aliphatic carbocycles. The van der Waals surface area contributed by atoms with E-state index in [1.54, 1.807) is 11.8 Å². The van der Waals surface area contributed by atoms with E-state index in [1.165, 1.54) is 0 Å². The first kappa shape index (κ1) is 18.3. The summed E-state index contributed by atoms with van der Waals surface area (Å²) >= 11 is 0. The summed E-state index contributed by atoms with van der Waals surface area (Å²) in [5, 5.41) is 3.91. The van der Waals surface area contributed by atoms with Crippen molar-refractivity contribution in [2.75, 3.05) is 13.1 Å². The van der Waals surface area contributed by atoms with E-state index in [4.69, 9.17) is 4.52 Å². The zero-order valence-electron chi connectivity index (χ0n) is 15.3. The average Bonchev–Trinajstić information content (AvgIpc) is 3.22. The van der Waals surface area contributed by atoms with Crippen molar-refractivity contribution in [3.63, 3.8) is 0 Å². The number of aryl methyl sites for hydroxylation is 1. The number of halogens is 3. The molecule has 3 heterocycles. The predicted molar refractivity (Wildman–Crippen MR) is 92.0 cm³/mol. The number of likely N-dealkylation sites (tertiary alicyclic amines) is 1. The Bertz CT molecular complexity index is 877. The normalized spacial score (nSPS) is 25.8. The first-order chi connectivity index (χ1) is 12.8. The first-order valence-corrected chi connectivity index (χ1v) is 9.44. The van der Waals surface area contributed by atoms with Crippen LogP contribution in [0.1, 0.15) is 56.0 Å². The molecule has 1 saturated heterocycles. The fourth-order valence-corrected chi connectivity index (χ4v) is 4.01. The fourth-order valence-electron chi connectivity index (χ4n) is 4.01. The number of piperidine rings is 1. The Morgan fingerprint density at radius 1 is 1.41 bits per heavy atom. The van der Waals surface area contributed by atoms with Crippen LogP contribution < -0.4 is 0 Å². The molecule has 1 amide bonds. The van der Waals surface area contributed by atoms with Crippen LogP contribution in [0.5, 0.6) is 0 Å². The number of amides is 1. The maximum Gasteiger partial charge on any atom is 0.417 e. The van der Waals surface area contributed by atoms with Gasteiger partial charge in [-0.2, -0.15) is 13.2 Å². The lowest BCUT2D eigenvalue weighted by Gasteiger charge is -2.32. The predicted octanol–water partition coefficient (Wildman–Crippen LogP) is 4.17. The summed E-state index contributed by atoms with van der Waals surface area (Å²) in [6.45, 7) is 4.83. The summed E-state index contributed by atoms with van der Waals surface area (Å²) in [7, 11) is 0. The summed E-state index contributed by atoms with van der Waals surface area (Å²) in [6.07, 6.45) is -1.82. The maximum atomic E-state index is 13.7. The minimum Gasteiger partial charge on any atom is -0.342 e. The molecule has 3 atom stereocenters. The smallest absolute Gasteiger partial charge is 0.342 e. The van der Waals surface area contributed by atoms with Gasteiger partial charge < -0.3 is 9.42 Å². The largest absolute Gasteiger partial charge is 0.417 e. The standard InChI is InChI=1S/C19H22F3N3O2/c1-3-12-8-14(19(20,21)22)15-16(24-27-17(15)23-12)11-5-4-6-25(9-11)18(26)13-7-10(13)2/h8,10-11,13H,3-7,9H2,1-2H3. The summed E-state index contributed by atoms with van der Waals surface area (Å²) < 4.78 is 46.2. The van der Waals surface area contributed by atoms with Crippen LogP contribution in [0.25, 0.3) is 11.1 Å². The Labute approximate surface area is 154 Å². The van der Waals surface area contributed by atoms with E-state index in [-0.39, 0.29) is 34.5 Å². The van der Waals surface area contributed by atoms with E-state index in [0.29, 0.717) is 37.5 Å². The van der Waals surface area contributed by atoms with Crippen molar-refractivity contribution in [3.05, 3.63) is 23.0 Å². The number of hydrogen-bond acceptors (Lipinski definition) is 4. The van der Waals surface area contributed by atoms with Gasteiger partial charge in [-0.15, -0.1) is 0 Å². The molecule has 0 spiro atoms. The van der Waals surface area contributed by atoms with Crippen molar-refractivity contribution in [3.8, 4) is 0 Å². The van der Waals surface area contributed by atoms with Crippen molar-refractivity contribution >= 4 is 17.0 Å². The summed E-state index contributed by atoms with van der Waals surface area (Å²) in [6, 6.07) is 1.08. The molecule has 2 aliphatic rings. The van der Waals surface area contributed by atoms with Crippen LogP contribution >= 0.6 is 0 Å². The molecule has 146 valence electrons. The Morgan fingerprint density at radius 3 is 2.78 bits per heavy atom. The van der Waals surface area contributed by atoms with Gasteiger partial charge in [-0.25, -0.2) is 4.98 Å². The molecule has 8 heteroatoms. The number of carbonyl (C=O) groups excluding carboxylic acids is 1. The second kappa shape index (κ2) is 6.49. The van der Waals surface area contributed by atoms with Crippen LogP contribution in [0.3, 0.4) is 0 Å². The van der Waals surface area contributed by atoms with Gasteiger partial charge in [0, 0.05) is 30.6 Å². The third kappa shape index (κ3) is 3.30. The maximum absolute atomic E-state index is 13.7. The number of aromatic nitrogens is 2. The highest BCUT2D eigenvalue weighted by Gasteiger charge is 2.43. The zero-order valence-corrected chi connectivity index (χ0v) is 15.3. The molecule has 5 nitrogen and oxygen atoms in total. The van der Waals surface area contributed by atoms with Crippen molar-refractivity contribution in [1.29, 1.82) is 0 Å². The molecule has 0 bridgehead atoms. The van der Waals surface area contributed by atoms with Gasteiger partial charge in [-0.05, 0) is 37.7 Å². The number of nitrogens with zero attached hydrogens (tertiary/aromatic N) is 3. The van der Waals surface area contributed by atoms with Crippen LogP contribution in [0.15, 0.2) is 10.6 Å². The molecule has 27 heavy (non-hydrogen) atoms. The lowest BCUT2D eigenvalue weighted by Crippen LogP contribution is -2.40. The van der Waals surface area contributed by atoms with Crippen molar-refractivity contribution in [2.45, 2.75) is 51.6 Å². The Balaban J connectivity index is 1.70. The highest BCUT2D eigenvalue weighted by Crippen LogP contribution is 2.42.